The Morgan fingerprint density at radius 1 is 0.881 bits per heavy atom. The Morgan fingerprint density at radius 3 is 2.19 bits per heavy atom. The lowest BCUT2D eigenvalue weighted by atomic mass is 10.0. The van der Waals surface area contributed by atoms with Crippen molar-refractivity contribution in [3.63, 3.8) is 0 Å². The van der Waals surface area contributed by atoms with Crippen LogP contribution in [0.3, 0.4) is 0 Å². The molecule has 0 bridgehead atoms. The highest BCUT2D eigenvalue weighted by Crippen LogP contribution is 2.64. The van der Waals surface area contributed by atoms with Crippen LogP contribution in [-0.2, 0) is 25.0 Å². The fraction of sp³-hybridized carbons (Fsp3) is 0.375. The SMILES string of the molecule is CCOP(=O)(OCC)C(c1oc2cc(OC)c(OCc3ccccc3)cc2c1-c1ccc(OC)cc1)N1CCOCC1. The van der Waals surface area contributed by atoms with E-state index in [1.54, 1.807) is 14.2 Å². The molecule has 5 rings (SSSR count). The van der Waals surface area contributed by atoms with Crippen molar-refractivity contribution in [1.82, 2.24) is 4.90 Å². The number of furan rings is 1. The molecule has 1 aliphatic rings. The third-order valence-corrected chi connectivity index (χ3v) is 9.56. The smallest absolute Gasteiger partial charge is 0.355 e. The summed E-state index contributed by atoms with van der Waals surface area (Å²) in [6.07, 6.45) is 0. The van der Waals surface area contributed by atoms with Gasteiger partial charge in [0.15, 0.2) is 17.3 Å². The molecular weight excluding hydrogens is 557 g/mol. The van der Waals surface area contributed by atoms with Crippen molar-refractivity contribution in [3.05, 3.63) is 78.1 Å². The summed E-state index contributed by atoms with van der Waals surface area (Å²) in [6.45, 7) is 6.52. The summed E-state index contributed by atoms with van der Waals surface area (Å²) < 4.78 is 56.1. The van der Waals surface area contributed by atoms with Crippen LogP contribution in [0.4, 0.5) is 0 Å². The standard InChI is InChI=1S/C32H38NO8P/c1-5-39-42(34,40-6-2)32(33-16-18-37-19-17-33)31-30(24-12-14-25(35-3)15-13-24)26-20-29(28(36-4)21-27(26)41-31)38-22-23-10-8-7-9-11-23/h7-15,20-21,32H,5-6,16-19,22H2,1-4H3. The molecule has 1 aromatic heterocycles. The molecule has 4 aromatic rings. The van der Waals surface area contributed by atoms with E-state index in [4.69, 9.17) is 32.4 Å². The van der Waals surface area contributed by atoms with Gasteiger partial charge in [0.25, 0.3) is 0 Å². The van der Waals surface area contributed by atoms with E-state index in [-0.39, 0.29) is 13.2 Å². The van der Waals surface area contributed by atoms with Crippen LogP contribution in [0, 0.1) is 0 Å². The predicted octanol–water partition coefficient (Wildman–Crippen LogP) is 7.29. The first kappa shape index (κ1) is 30.1. The van der Waals surface area contributed by atoms with Gasteiger partial charge in [-0.2, -0.15) is 0 Å². The minimum absolute atomic E-state index is 0.224. The molecule has 9 nitrogen and oxygen atoms in total. The minimum Gasteiger partial charge on any atom is -0.497 e. The van der Waals surface area contributed by atoms with Crippen molar-refractivity contribution < 1.29 is 37.0 Å². The van der Waals surface area contributed by atoms with Crippen LogP contribution in [0.1, 0.15) is 31.0 Å². The van der Waals surface area contributed by atoms with Crippen molar-refractivity contribution in [2.45, 2.75) is 26.2 Å². The van der Waals surface area contributed by atoms with Crippen molar-refractivity contribution in [2.75, 3.05) is 53.7 Å². The Bertz CT molecular complexity index is 1490. The molecule has 3 aromatic carbocycles. The van der Waals surface area contributed by atoms with Gasteiger partial charge in [0.2, 0.25) is 0 Å². The second-order valence-electron chi connectivity index (χ2n) is 9.74. The maximum absolute atomic E-state index is 14.6. The highest BCUT2D eigenvalue weighted by atomic mass is 31.2. The van der Waals surface area contributed by atoms with E-state index < -0.39 is 13.4 Å². The summed E-state index contributed by atoms with van der Waals surface area (Å²) in [5.41, 5.74) is 3.24. The first-order valence-corrected chi connectivity index (χ1v) is 15.8. The average Bonchev–Trinajstić information content (AvgIpc) is 3.38. The number of nitrogens with zero attached hydrogens (tertiary/aromatic N) is 1. The van der Waals surface area contributed by atoms with Crippen LogP contribution in [0.2, 0.25) is 0 Å². The maximum atomic E-state index is 14.6. The summed E-state index contributed by atoms with van der Waals surface area (Å²) in [5.74, 6) is 1.51. The number of ether oxygens (including phenoxy) is 4. The summed E-state index contributed by atoms with van der Waals surface area (Å²) in [4.78, 5) is 2.07. The zero-order valence-corrected chi connectivity index (χ0v) is 25.4. The molecule has 0 N–H and O–H groups in total. The molecule has 224 valence electrons. The quantitative estimate of drug-likeness (QED) is 0.148. The van der Waals surface area contributed by atoms with E-state index in [9.17, 15) is 4.57 Å². The molecule has 0 radical (unpaired) electrons. The number of methoxy groups -OCH3 is 2. The largest absolute Gasteiger partial charge is 0.497 e. The molecule has 1 fully saturated rings. The van der Waals surface area contributed by atoms with Gasteiger partial charge in [-0.15, -0.1) is 0 Å². The Morgan fingerprint density at radius 2 is 1.57 bits per heavy atom. The van der Waals surface area contributed by atoms with Crippen LogP contribution < -0.4 is 14.2 Å². The Kier molecular flexibility index (Phi) is 9.88. The topological polar surface area (TPSA) is 88.8 Å². The van der Waals surface area contributed by atoms with Gasteiger partial charge in [-0.3, -0.25) is 9.46 Å². The van der Waals surface area contributed by atoms with Crippen molar-refractivity contribution in [2.24, 2.45) is 0 Å². The van der Waals surface area contributed by atoms with Gasteiger partial charge < -0.3 is 32.4 Å². The molecule has 1 saturated heterocycles. The van der Waals surface area contributed by atoms with E-state index in [0.717, 1.165) is 27.8 Å². The van der Waals surface area contributed by atoms with E-state index in [1.165, 1.54) is 0 Å². The Hall–Kier alpha value is -3.33. The zero-order valence-electron chi connectivity index (χ0n) is 24.5. The van der Waals surface area contributed by atoms with E-state index in [2.05, 4.69) is 4.90 Å². The second-order valence-corrected chi connectivity index (χ2v) is 11.8. The summed E-state index contributed by atoms with van der Waals surface area (Å²) in [7, 11) is -0.505. The maximum Gasteiger partial charge on any atom is 0.355 e. The highest BCUT2D eigenvalue weighted by molar-refractivity contribution is 7.54. The van der Waals surface area contributed by atoms with E-state index in [0.29, 0.717) is 55.8 Å². The molecule has 0 aliphatic carbocycles. The van der Waals surface area contributed by atoms with Crippen molar-refractivity contribution in [3.8, 4) is 28.4 Å². The number of hydrogen-bond donors (Lipinski definition) is 0. The molecule has 1 aliphatic heterocycles. The minimum atomic E-state index is -3.73. The molecule has 42 heavy (non-hydrogen) atoms. The van der Waals surface area contributed by atoms with E-state index >= 15 is 0 Å². The monoisotopic (exact) mass is 595 g/mol. The number of fused-ring (bicyclic) bond motifs is 1. The molecule has 1 atom stereocenters. The zero-order chi connectivity index (χ0) is 29.5. The average molecular weight is 596 g/mol. The first-order chi connectivity index (χ1) is 20.5. The predicted molar refractivity (Wildman–Crippen MR) is 162 cm³/mol. The third-order valence-electron chi connectivity index (χ3n) is 7.16. The molecule has 0 spiro atoms. The second kappa shape index (κ2) is 13.8. The van der Waals surface area contributed by atoms with Crippen LogP contribution in [0.25, 0.3) is 22.1 Å². The fourth-order valence-electron chi connectivity index (χ4n) is 5.24. The number of hydrogen-bond acceptors (Lipinski definition) is 9. The van der Waals surface area contributed by atoms with Crippen LogP contribution in [0.5, 0.6) is 17.2 Å². The molecular formula is C32H38NO8P. The fourth-order valence-corrected chi connectivity index (χ4v) is 7.41. The Labute approximate surface area is 246 Å². The molecule has 10 heteroatoms. The molecule has 2 heterocycles. The number of benzene rings is 3. The van der Waals surface area contributed by atoms with Gasteiger partial charge in [-0.25, -0.2) is 0 Å². The van der Waals surface area contributed by atoms with Gasteiger partial charge in [-0.1, -0.05) is 42.5 Å². The number of rotatable bonds is 13. The number of morpholine rings is 1. The lowest BCUT2D eigenvalue weighted by molar-refractivity contribution is 0.0204. The molecule has 0 saturated carbocycles. The van der Waals surface area contributed by atoms with Gasteiger partial charge in [-0.05, 0) is 43.2 Å². The summed E-state index contributed by atoms with van der Waals surface area (Å²) in [6, 6.07) is 21.4. The summed E-state index contributed by atoms with van der Waals surface area (Å²) in [5, 5.41) is 0.789. The van der Waals surface area contributed by atoms with Gasteiger partial charge in [0, 0.05) is 30.1 Å². The third kappa shape index (κ3) is 6.36. The van der Waals surface area contributed by atoms with Crippen molar-refractivity contribution >= 4 is 18.6 Å². The summed E-state index contributed by atoms with van der Waals surface area (Å²) >= 11 is 0. The van der Waals surface area contributed by atoms with Gasteiger partial charge in [0.05, 0.1) is 40.6 Å². The van der Waals surface area contributed by atoms with Crippen LogP contribution in [-0.4, -0.2) is 58.6 Å². The lowest BCUT2D eigenvalue weighted by Crippen LogP contribution is -2.39. The van der Waals surface area contributed by atoms with Crippen LogP contribution >= 0.6 is 7.60 Å². The molecule has 1 unspecified atom stereocenters. The normalized spacial score (nSPS) is 15.0. The first-order valence-electron chi connectivity index (χ1n) is 14.2. The van der Waals surface area contributed by atoms with Gasteiger partial charge >= 0.3 is 7.60 Å². The van der Waals surface area contributed by atoms with Crippen LogP contribution in [0.15, 0.2) is 71.1 Å². The molecule has 0 amide bonds. The van der Waals surface area contributed by atoms with Gasteiger partial charge in [0.1, 0.15) is 23.7 Å². The lowest BCUT2D eigenvalue weighted by Gasteiger charge is -2.36. The van der Waals surface area contributed by atoms with E-state index in [1.807, 2.05) is 80.6 Å². The highest BCUT2D eigenvalue weighted by Gasteiger charge is 2.46. The Balaban J connectivity index is 1.72. The van der Waals surface area contributed by atoms with Crippen molar-refractivity contribution in [1.29, 1.82) is 0 Å².